The van der Waals surface area contributed by atoms with E-state index < -0.39 is 0 Å². The van der Waals surface area contributed by atoms with Crippen LogP contribution < -0.4 is 5.32 Å². The van der Waals surface area contributed by atoms with E-state index in [1.54, 1.807) is 11.8 Å². The number of carbonyl (C=O) groups excluding carboxylic acids is 2. The molecule has 1 fully saturated rings. The third kappa shape index (κ3) is 5.21. The molecule has 0 spiro atoms. The van der Waals surface area contributed by atoms with Crippen molar-refractivity contribution in [2.24, 2.45) is 0 Å². The fourth-order valence-electron chi connectivity index (χ4n) is 4.59. The molecular formula is C31H28N2O2S. The van der Waals surface area contributed by atoms with Crippen LogP contribution in [-0.2, 0) is 11.3 Å². The van der Waals surface area contributed by atoms with E-state index in [2.05, 4.69) is 24.4 Å². The second-order valence-corrected chi connectivity index (χ2v) is 10.0. The predicted molar refractivity (Wildman–Crippen MR) is 146 cm³/mol. The smallest absolute Gasteiger partial charge is 0.252 e. The lowest BCUT2D eigenvalue weighted by Crippen LogP contribution is -2.30. The summed E-state index contributed by atoms with van der Waals surface area (Å²) in [5.41, 5.74) is 5.97. The zero-order chi connectivity index (χ0) is 24.9. The van der Waals surface area contributed by atoms with E-state index in [0.29, 0.717) is 17.9 Å². The molecule has 1 aliphatic heterocycles. The van der Waals surface area contributed by atoms with E-state index in [-0.39, 0.29) is 23.2 Å². The SMILES string of the molecule is Cc1ccccc1[C@H](NC(=O)c1ccc([C@@H]2SCC(=O)N2Cc2ccccc2)cc1)c1ccccc1. The molecule has 0 aromatic heterocycles. The fraction of sp³-hybridized carbons (Fsp3) is 0.161. The minimum atomic E-state index is -0.246. The summed E-state index contributed by atoms with van der Waals surface area (Å²) in [7, 11) is 0. The Bertz CT molecular complexity index is 1340. The van der Waals surface area contributed by atoms with Gasteiger partial charge in [-0.2, -0.15) is 0 Å². The summed E-state index contributed by atoms with van der Waals surface area (Å²) in [5.74, 6) is 0.476. The molecule has 0 bridgehead atoms. The number of thioether (sulfide) groups is 1. The Kier molecular flexibility index (Phi) is 7.19. The second kappa shape index (κ2) is 10.8. The Labute approximate surface area is 216 Å². The number of carbonyl (C=O) groups is 2. The number of amides is 2. The van der Waals surface area contributed by atoms with Crippen molar-refractivity contribution < 1.29 is 9.59 Å². The van der Waals surface area contributed by atoms with E-state index >= 15 is 0 Å². The molecule has 5 heteroatoms. The standard InChI is InChI=1S/C31H28N2O2S/c1-22-10-8-9-15-27(22)29(24-13-6-3-7-14-24)32-30(35)25-16-18-26(19-17-25)31-33(28(34)21-36-31)20-23-11-4-2-5-12-23/h2-19,29,31H,20-21H2,1H3,(H,32,35)/t29-,31+/m1/s1. The van der Waals surface area contributed by atoms with Crippen LogP contribution in [0, 0.1) is 6.92 Å². The van der Waals surface area contributed by atoms with Gasteiger partial charge in [0.05, 0.1) is 11.8 Å². The van der Waals surface area contributed by atoms with Crippen molar-refractivity contribution >= 4 is 23.6 Å². The number of benzene rings is 4. The number of rotatable bonds is 7. The van der Waals surface area contributed by atoms with Gasteiger partial charge in [0.1, 0.15) is 5.37 Å². The van der Waals surface area contributed by atoms with E-state index in [1.807, 2.05) is 102 Å². The van der Waals surface area contributed by atoms with Gasteiger partial charge in [0.2, 0.25) is 5.91 Å². The lowest BCUT2D eigenvalue weighted by molar-refractivity contribution is -0.128. The maximum Gasteiger partial charge on any atom is 0.252 e. The van der Waals surface area contributed by atoms with Gasteiger partial charge in [-0.25, -0.2) is 0 Å². The van der Waals surface area contributed by atoms with Crippen LogP contribution in [0.4, 0.5) is 0 Å². The first-order valence-corrected chi connectivity index (χ1v) is 13.1. The van der Waals surface area contributed by atoms with E-state index in [4.69, 9.17) is 0 Å². The highest BCUT2D eigenvalue weighted by molar-refractivity contribution is 8.00. The Morgan fingerprint density at radius 3 is 2.22 bits per heavy atom. The monoisotopic (exact) mass is 492 g/mol. The van der Waals surface area contributed by atoms with Crippen molar-refractivity contribution in [2.45, 2.75) is 24.9 Å². The van der Waals surface area contributed by atoms with E-state index in [1.165, 1.54) is 0 Å². The van der Waals surface area contributed by atoms with Crippen LogP contribution in [-0.4, -0.2) is 22.5 Å². The summed E-state index contributed by atoms with van der Waals surface area (Å²) in [6.07, 6.45) is 0. The van der Waals surface area contributed by atoms with Crippen LogP contribution in [0.1, 0.15) is 49.6 Å². The van der Waals surface area contributed by atoms with Gasteiger partial charge in [-0.05, 0) is 46.9 Å². The van der Waals surface area contributed by atoms with E-state index in [0.717, 1.165) is 27.8 Å². The fourth-order valence-corrected chi connectivity index (χ4v) is 5.78. The molecule has 1 heterocycles. The normalized spacial score (nSPS) is 16.1. The third-order valence-electron chi connectivity index (χ3n) is 6.53. The highest BCUT2D eigenvalue weighted by Crippen LogP contribution is 2.39. The van der Waals surface area contributed by atoms with Crippen molar-refractivity contribution in [3.63, 3.8) is 0 Å². The number of nitrogens with one attached hydrogen (secondary N) is 1. The Morgan fingerprint density at radius 1 is 0.889 bits per heavy atom. The molecule has 36 heavy (non-hydrogen) atoms. The molecule has 0 aliphatic carbocycles. The van der Waals surface area contributed by atoms with E-state index in [9.17, 15) is 9.59 Å². The van der Waals surface area contributed by atoms with Gasteiger partial charge >= 0.3 is 0 Å². The summed E-state index contributed by atoms with van der Waals surface area (Å²) in [4.78, 5) is 27.8. The molecule has 2 atom stereocenters. The van der Waals surface area contributed by atoms with Crippen LogP contribution in [0.15, 0.2) is 109 Å². The average molecular weight is 493 g/mol. The van der Waals surface area contributed by atoms with Crippen LogP contribution in [0.2, 0.25) is 0 Å². The Balaban J connectivity index is 1.35. The van der Waals surface area contributed by atoms with Gasteiger partial charge in [-0.3, -0.25) is 9.59 Å². The topological polar surface area (TPSA) is 49.4 Å². The predicted octanol–water partition coefficient (Wildman–Crippen LogP) is 6.29. The molecule has 1 N–H and O–H groups in total. The first kappa shape index (κ1) is 23.9. The molecule has 1 saturated heterocycles. The zero-order valence-corrected chi connectivity index (χ0v) is 20.9. The van der Waals surface area contributed by atoms with Gasteiger partial charge in [0.25, 0.3) is 5.91 Å². The molecular weight excluding hydrogens is 464 g/mol. The molecule has 2 amide bonds. The first-order chi connectivity index (χ1) is 17.6. The third-order valence-corrected chi connectivity index (χ3v) is 7.79. The van der Waals surface area contributed by atoms with Gasteiger partial charge in [-0.15, -0.1) is 11.8 Å². The number of hydrogen-bond acceptors (Lipinski definition) is 3. The van der Waals surface area contributed by atoms with Gasteiger partial charge in [0, 0.05) is 12.1 Å². The highest BCUT2D eigenvalue weighted by atomic mass is 32.2. The number of aryl methyl sites for hydroxylation is 1. The molecule has 1 aliphatic rings. The highest BCUT2D eigenvalue weighted by Gasteiger charge is 2.32. The Morgan fingerprint density at radius 2 is 1.53 bits per heavy atom. The average Bonchev–Trinajstić information content (AvgIpc) is 3.28. The second-order valence-electron chi connectivity index (χ2n) is 8.97. The summed E-state index contributed by atoms with van der Waals surface area (Å²) in [6, 6.07) is 35.6. The van der Waals surface area contributed by atoms with Crippen molar-refractivity contribution in [3.05, 3.63) is 143 Å². The van der Waals surface area contributed by atoms with Gasteiger partial charge in [-0.1, -0.05) is 97.1 Å². The molecule has 180 valence electrons. The lowest BCUT2D eigenvalue weighted by atomic mass is 9.94. The number of hydrogen-bond donors (Lipinski definition) is 1. The van der Waals surface area contributed by atoms with Crippen LogP contribution in [0.25, 0.3) is 0 Å². The largest absolute Gasteiger partial charge is 0.341 e. The summed E-state index contributed by atoms with van der Waals surface area (Å²) >= 11 is 1.63. The summed E-state index contributed by atoms with van der Waals surface area (Å²) in [5, 5.41) is 3.18. The maximum absolute atomic E-state index is 13.3. The zero-order valence-electron chi connectivity index (χ0n) is 20.1. The van der Waals surface area contributed by atoms with Crippen LogP contribution in [0.3, 0.4) is 0 Å². The quantitative estimate of drug-likeness (QED) is 0.330. The first-order valence-electron chi connectivity index (χ1n) is 12.1. The Hall–Kier alpha value is -3.83. The minimum absolute atomic E-state index is 0.0566. The summed E-state index contributed by atoms with van der Waals surface area (Å²) in [6.45, 7) is 2.64. The summed E-state index contributed by atoms with van der Waals surface area (Å²) < 4.78 is 0. The number of nitrogens with zero attached hydrogens (tertiary/aromatic N) is 1. The molecule has 4 nitrogen and oxygen atoms in total. The molecule has 0 saturated carbocycles. The van der Waals surface area contributed by atoms with Gasteiger partial charge in [0.15, 0.2) is 0 Å². The molecule has 0 radical (unpaired) electrons. The molecule has 0 unspecified atom stereocenters. The molecule has 4 aromatic carbocycles. The van der Waals surface area contributed by atoms with Crippen LogP contribution in [0.5, 0.6) is 0 Å². The van der Waals surface area contributed by atoms with Crippen molar-refractivity contribution in [1.82, 2.24) is 10.2 Å². The molecule has 4 aromatic rings. The van der Waals surface area contributed by atoms with Gasteiger partial charge < -0.3 is 10.2 Å². The van der Waals surface area contributed by atoms with Crippen molar-refractivity contribution in [1.29, 1.82) is 0 Å². The maximum atomic E-state index is 13.3. The molecule has 5 rings (SSSR count). The lowest BCUT2D eigenvalue weighted by Gasteiger charge is -2.25. The van der Waals surface area contributed by atoms with Crippen molar-refractivity contribution in [2.75, 3.05) is 5.75 Å². The van der Waals surface area contributed by atoms with Crippen molar-refractivity contribution in [3.8, 4) is 0 Å². The minimum Gasteiger partial charge on any atom is -0.341 e. The van der Waals surface area contributed by atoms with Crippen LogP contribution >= 0.6 is 11.8 Å².